The van der Waals surface area contributed by atoms with Crippen LogP contribution in [0, 0.1) is 6.92 Å². The van der Waals surface area contributed by atoms with Gasteiger partial charge in [0.1, 0.15) is 0 Å². The van der Waals surface area contributed by atoms with Crippen molar-refractivity contribution in [3.8, 4) is 0 Å². The summed E-state index contributed by atoms with van der Waals surface area (Å²) in [5.74, 6) is -0.423. The standard InChI is InChI=1S/C14H15BrN2O2S/c1-8-5-9(6-11(13(8)16)14(18)19-2)17-7-10-3-4-12(15)20-10/h3-6,17H,7,16H2,1-2H3. The summed E-state index contributed by atoms with van der Waals surface area (Å²) in [5, 5.41) is 3.29. The number of thiophene rings is 1. The van der Waals surface area contributed by atoms with Crippen LogP contribution in [0.15, 0.2) is 28.1 Å². The first-order chi connectivity index (χ1) is 9.51. The Kier molecular flexibility index (Phi) is 4.67. The molecule has 4 nitrogen and oxygen atoms in total. The summed E-state index contributed by atoms with van der Waals surface area (Å²) in [4.78, 5) is 12.9. The summed E-state index contributed by atoms with van der Waals surface area (Å²) in [7, 11) is 1.35. The van der Waals surface area contributed by atoms with E-state index in [0.29, 0.717) is 17.8 Å². The molecule has 0 atom stereocenters. The highest BCUT2D eigenvalue weighted by atomic mass is 79.9. The zero-order chi connectivity index (χ0) is 14.7. The third-order valence-electron chi connectivity index (χ3n) is 2.89. The van der Waals surface area contributed by atoms with Crippen molar-refractivity contribution in [2.45, 2.75) is 13.5 Å². The van der Waals surface area contributed by atoms with Crippen LogP contribution in [0.3, 0.4) is 0 Å². The number of halogens is 1. The first-order valence-corrected chi connectivity index (χ1v) is 7.58. The van der Waals surface area contributed by atoms with E-state index in [1.165, 1.54) is 12.0 Å². The monoisotopic (exact) mass is 354 g/mol. The molecule has 6 heteroatoms. The Morgan fingerprint density at radius 2 is 2.20 bits per heavy atom. The highest BCUT2D eigenvalue weighted by Gasteiger charge is 2.13. The van der Waals surface area contributed by atoms with Gasteiger partial charge in [-0.25, -0.2) is 4.79 Å². The number of anilines is 2. The number of carbonyl (C=O) groups is 1. The van der Waals surface area contributed by atoms with E-state index in [9.17, 15) is 4.79 Å². The number of aryl methyl sites for hydroxylation is 1. The van der Waals surface area contributed by atoms with Crippen LogP contribution in [0.5, 0.6) is 0 Å². The third kappa shape index (κ3) is 3.32. The van der Waals surface area contributed by atoms with Gasteiger partial charge < -0.3 is 15.8 Å². The molecule has 0 aliphatic rings. The number of rotatable bonds is 4. The molecule has 2 aromatic rings. The molecule has 0 spiro atoms. The fourth-order valence-electron chi connectivity index (χ4n) is 1.82. The van der Waals surface area contributed by atoms with E-state index >= 15 is 0 Å². The molecule has 0 radical (unpaired) electrons. The smallest absolute Gasteiger partial charge is 0.340 e. The lowest BCUT2D eigenvalue weighted by Gasteiger charge is -2.11. The highest BCUT2D eigenvalue weighted by Crippen LogP contribution is 2.26. The zero-order valence-electron chi connectivity index (χ0n) is 11.2. The number of nitrogen functional groups attached to an aromatic ring is 1. The number of ether oxygens (including phenoxy) is 1. The van der Waals surface area contributed by atoms with Gasteiger partial charge in [0.15, 0.2) is 0 Å². The second-order valence-corrected chi connectivity index (χ2v) is 6.85. The van der Waals surface area contributed by atoms with Crippen LogP contribution in [0.25, 0.3) is 0 Å². The Hall–Kier alpha value is -1.53. The van der Waals surface area contributed by atoms with E-state index < -0.39 is 5.97 Å². The maximum atomic E-state index is 11.7. The molecule has 0 amide bonds. The minimum Gasteiger partial charge on any atom is -0.465 e. The first kappa shape index (κ1) is 14.9. The Bertz CT molecular complexity index is 640. The van der Waals surface area contributed by atoms with Crippen LogP contribution >= 0.6 is 27.3 Å². The highest BCUT2D eigenvalue weighted by molar-refractivity contribution is 9.11. The topological polar surface area (TPSA) is 64.3 Å². The lowest BCUT2D eigenvalue weighted by Crippen LogP contribution is -2.08. The summed E-state index contributed by atoms with van der Waals surface area (Å²) in [6, 6.07) is 7.70. The Labute approximate surface area is 130 Å². The van der Waals surface area contributed by atoms with Gasteiger partial charge >= 0.3 is 5.97 Å². The Morgan fingerprint density at radius 3 is 2.80 bits per heavy atom. The van der Waals surface area contributed by atoms with Crippen LogP contribution in [-0.2, 0) is 11.3 Å². The number of carbonyl (C=O) groups excluding carboxylic acids is 1. The van der Waals surface area contributed by atoms with Crippen LogP contribution in [0.4, 0.5) is 11.4 Å². The van der Waals surface area contributed by atoms with Gasteiger partial charge in [0.25, 0.3) is 0 Å². The second kappa shape index (κ2) is 6.28. The van der Waals surface area contributed by atoms with Crippen molar-refractivity contribution in [3.05, 3.63) is 44.1 Å². The van der Waals surface area contributed by atoms with Gasteiger partial charge in [0.2, 0.25) is 0 Å². The van der Waals surface area contributed by atoms with Crippen molar-refractivity contribution in [3.63, 3.8) is 0 Å². The normalized spacial score (nSPS) is 10.3. The molecule has 2 rings (SSSR count). The molecule has 106 valence electrons. The molecule has 0 fully saturated rings. The molecule has 0 saturated carbocycles. The van der Waals surface area contributed by atoms with Crippen LogP contribution < -0.4 is 11.1 Å². The van der Waals surface area contributed by atoms with Crippen molar-refractivity contribution in [2.24, 2.45) is 0 Å². The van der Waals surface area contributed by atoms with Crippen molar-refractivity contribution in [2.75, 3.05) is 18.2 Å². The summed E-state index contributed by atoms with van der Waals surface area (Å²) in [6.07, 6.45) is 0. The number of nitrogens with one attached hydrogen (secondary N) is 1. The van der Waals surface area contributed by atoms with Gasteiger partial charge in [-0.1, -0.05) is 0 Å². The van der Waals surface area contributed by atoms with Crippen LogP contribution in [0.2, 0.25) is 0 Å². The number of hydrogen-bond donors (Lipinski definition) is 2. The summed E-state index contributed by atoms with van der Waals surface area (Å²) >= 11 is 5.10. The zero-order valence-corrected chi connectivity index (χ0v) is 13.6. The van der Waals surface area contributed by atoms with E-state index in [1.807, 2.05) is 25.1 Å². The summed E-state index contributed by atoms with van der Waals surface area (Å²) < 4.78 is 5.84. The lowest BCUT2D eigenvalue weighted by molar-refractivity contribution is 0.0602. The lowest BCUT2D eigenvalue weighted by atomic mass is 10.1. The molecular formula is C14H15BrN2O2S. The maximum Gasteiger partial charge on any atom is 0.340 e. The molecular weight excluding hydrogens is 340 g/mol. The predicted molar refractivity (Wildman–Crippen MR) is 86.3 cm³/mol. The predicted octanol–water partition coefficient (Wildman–Crippen LogP) is 3.80. The number of benzene rings is 1. The van der Waals surface area contributed by atoms with E-state index in [4.69, 9.17) is 10.5 Å². The van der Waals surface area contributed by atoms with Crippen molar-refractivity contribution < 1.29 is 9.53 Å². The molecule has 0 aliphatic carbocycles. The van der Waals surface area contributed by atoms with Gasteiger partial charge in [0.05, 0.1) is 16.5 Å². The molecule has 0 aliphatic heterocycles. The molecule has 1 aromatic carbocycles. The Morgan fingerprint density at radius 1 is 1.45 bits per heavy atom. The number of hydrogen-bond acceptors (Lipinski definition) is 5. The van der Waals surface area contributed by atoms with Gasteiger partial charge in [-0.05, 0) is 52.7 Å². The van der Waals surface area contributed by atoms with Crippen LogP contribution in [0.1, 0.15) is 20.8 Å². The largest absolute Gasteiger partial charge is 0.465 e. The molecule has 3 N–H and O–H groups in total. The fourth-order valence-corrected chi connectivity index (χ4v) is 3.24. The molecule has 20 heavy (non-hydrogen) atoms. The molecule has 0 bridgehead atoms. The minimum atomic E-state index is -0.423. The number of methoxy groups -OCH3 is 1. The summed E-state index contributed by atoms with van der Waals surface area (Å²) in [6.45, 7) is 2.56. The SMILES string of the molecule is COC(=O)c1cc(NCc2ccc(Br)s2)cc(C)c1N. The van der Waals surface area contributed by atoms with E-state index in [2.05, 4.69) is 21.2 Å². The molecule has 1 aromatic heterocycles. The average molecular weight is 355 g/mol. The average Bonchev–Trinajstić information content (AvgIpc) is 2.85. The van der Waals surface area contributed by atoms with Crippen LogP contribution in [-0.4, -0.2) is 13.1 Å². The number of esters is 1. The van der Waals surface area contributed by atoms with Gasteiger partial charge in [-0.3, -0.25) is 0 Å². The quantitative estimate of drug-likeness (QED) is 0.647. The molecule has 0 unspecified atom stereocenters. The molecule has 0 saturated heterocycles. The fraction of sp³-hybridized carbons (Fsp3) is 0.214. The van der Waals surface area contributed by atoms with E-state index in [1.54, 1.807) is 17.4 Å². The van der Waals surface area contributed by atoms with Gasteiger partial charge in [-0.15, -0.1) is 11.3 Å². The van der Waals surface area contributed by atoms with Crippen molar-refractivity contribution in [1.29, 1.82) is 0 Å². The minimum absolute atomic E-state index is 0.391. The van der Waals surface area contributed by atoms with Crippen molar-refractivity contribution in [1.82, 2.24) is 0 Å². The first-order valence-electron chi connectivity index (χ1n) is 5.97. The Balaban J connectivity index is 2.19. The van der Waals surface area contributed by atoms with E-state index in [0.717, 1.165) is 15.0 Å². The maximum absolute atomic E-state index is 11.7. The second-order valence-electron chi connectivity index (χ2n) is 4.31. The van der Waals surface area contributed by atoms with Gasteiger partial charge in [0, 0.05) is 22.8 Å². The summed E-state index contributed by atoms with van der Waals surface area (Å²) in [5.41, 5.74) is 8.45. The van der Waals surface area contributed by atoms with E-state index in [-0.39, 0.29) is 0 Å². The molecule has 1 heterocycles. The number of nitrogens with two attached hydrogens (primary N) is 1. The van der Waals surface area contributed by atoms with Crippen molar-refractivity contribution >= 4 is 44.6 Å². The third-order valence-corrected chi connectivity index (χ3v) is 4.51. The van der Waals surface area contributed by atoms with Gasteiger partial charge in [-0.2, -0.15) is 0 Å².